The summed E-state index contributed by atoms with van der Waals surface area (Å²) in [5, 5.41) is 11.1. The van der Waals surface area contributed by atoms with Crippen LogP contribution >= 0.6 is 0 Å². The van der Waals surface area contributed by atoms with Crippen LogP contribution in [0.5, 0.6) is 0 Å². The van der Waals surface area contributed by atoms with Crippen molar-refractivity contribution in [1.29, 1.82) is 0 Å². The quantitative estimate of drug-likeness (QED) is 0.557. The molecule has 20 heavy (non-hydrogen) atoms. The van der Waals surface area contributed by atoms with Crippen LogP contribution in [0.15, 0.2) is 0 Å². The van der Waals surface area contributed by atoms with E-state index >= 15 is 0 Å². The molecule has 0 aromatic heterocycles. The minimum Gasteiger partial charge on any atom is -0.480 e. The van der Waals surface area contributed by atoms with Gasteiger partial charge in [0.25, 0.3) is 0 Å². The average molecular weight is 293 g/mol. The molecule has 0 aliphatic heterocycles. The summed E-state index contributed by atoms with van der Waals surface area (Å²) in [4.78, 5) is 19.7. The first-order valence-electron chi connectivity index (χ1n) is 7.46. The summed E-state index contributed by atoms with van der Waals surface area (Å²) in [6.07, 6.45) is 3.59. The van der Waals surface area contributed by atoms with Crippen molar-refractivity contribution in [3.05, 3.63) is 0 Å². The summed E-state index contributed by atoms with van der Waals surface area (Å²) in [6, 6.07) is -0.366. The Bertz CT molecular complexity index is 175. The smallest absolute Gasteiger partial charge is 0.320 e. The first-order chi connectivity index (χ1) is 9.55. The van der Waals surface area contributed by atoms with Gasteiger partial charge in [0.15, 0.2) is 0 Å². The number of aldehydes is 1. The maximum atomic E-state index is 10.3. The van der Waals surface area contributed by atoms with E-state index in [-0.39, 0.29) is 12.6 Å². The maximum Gasteiger partial charge on any atom is 0.320 e. The van der Waals surface area contributed by atoms with Gasteiger partial charge in [-0.15, -0.1) is 0 Å². The highest BCUT2D eigenvalue weighted by Crippen LogP contribution is 1.94. The van der Waals surface area contributed by atoms with E-state index in [0.29, 0.717) is 13.0 Å². The van der Waals surface area contributed by atoms with Gasteiger partial charge in [0.1, 0.15) is 18.9 Å². The van der Waals surface area contributed by atoms with Gasteiger partial charge >= 0.3 is 5.97 Å². The van der Waals surface area contributed by atoms with Gasteiger partial charge in [-0.05, 0) is 20.4 Å². The Hall–Kier alpha value is -0.940. The standard InChI is InChI=1S/C6H13NO2.C4H8O2.C3H8.C2H6/c1-3-4-5(7-2)6(8)9;1-2-6-4-3-5;1-3-2;1-2/h5,7H,3-4H2,1-2H3,(H,8,9);3H,2,4H2,1H3;3H2,1-2H3;1-2H3. The topological polar surface area (TPSA) is 75.6 Å². The van der Waals surface area contributed by atoms with Crippen molar-refractivity contribution in [3.8, 4) is 0 Å². The summed E-state index contributed by atoms with van der Waals surface area (Å²) in [6.45, 7) is 12.9. The summed E-state index contributed by atoms with van der Waals surface area (Å²) >= 11 is 0. The SMILES string of the molecule is CC.CCC.CCCC(NC)C(=O)O.CCOCC=O. The molecule has 1 unspecified atom stereocenters. The Morgan fingerprint density at radius 2 is 1.70 bits per heavy atom. The molecule has 1 atom stereocenters. The first-order valence-corrected chi connectivity index (χ1v) is 7.46. The highest BCUT2D eigenvalue weighted by atomic mass is 16.5. The van der Waals surface area contributed by atoms with Crippen molar-refractivity contribution in [3.63, 3.8) is 0 Å². The van der Waals surface area contributed by atoms with Crippen LogP contribution in [-0.4, -0.2) is 43.7 Å². The number of nitrogens with one attached hydrogen (secondary N) is 1. The number of likely N-dealkylation sites (N-methyl/N-ethyl adjacent to an activating group) is 1. The molecule has 0 saturated heterocycles. The molecule has 0 amide bonds. The fraction of sp³-hybridized carbons (Fsp3) is 0.867. The molecule has 0 spiro atoms. The highest BCUT2D eigenvalue weighted by molar-refractivity contribution is 5.73. The highest BCUT2D eigenvalue weighted by Gasteiger charge is 2.11. The van der Waals surface area contributed by atoms with Gasteiger partial charge in [-0.25, -0.2) is 0 Å². The third kappa shape index (κ3) is 36.0. The molecule has 0 aromatic carbocycles. The molecule has 0 aliphatic carbocycles. The van der Waals surface area contributed by atoms with E-state index in [9.17, 15) is 9.59 Å². The molecule has 124 valence electrons. The zero-order valence-corrected chi connectivity index (χ0v) is 14.4. The largest absolute Gasteiger partial charge is 0.480 e. The number of carbonyl (C=O) groups excluding carboxylic acids is 1. The van der Waals surface area contributed by atoms with Gasteiger partial charge in [0.2, 0.25) is 0 Å². The maximum absolute atomic E-state index is 10.3. The van der Waals surface area contributed by atoms with E-state index in [1.165, 1.54) is 6.42 Å². The third-order valence-corrected chi connectivity index (χ3v) is 1.61. The van der Waals surface area contributed by atoms with Gasteiger partial charge in [0.05, 0.1) is 0 Å². The number of carboxylic acid groups (broad SMARTS) is 1. The molecule has 2 N–H and O–H groups in total. The van der Waals surface area contributed by atoms with Gasteiger partial charge in [0, 0.05) is 6.61 Å². The van der Waals surface area contributed by atoms with E-state index in [1.54, 1.807) is 7.05 Å². The number of carboxylic acids is 1. The van der Waals surface area contributed by atoms with Crippen LogP contribution in [0.25, 0.3) is 0 Å². The molecular formula is C15H35NO4. The Morgan fingerprint density at radius 1 is 1.25 bits per heavy atom. The number of ether oxygens (including phenoxy) is 1. The first kappa shape index (κ1) is 27.4. The second-order valence-corrected chi connectivity index (χ2v) is 3.50. The molecule has 0 aliphatic rings. The lowest BCUT2D eigenvalue weighted by Crippen LogP contribution is -2.33. The zero-order valence-electron chi connectivity index (χ0n) is 14.4. The van der Waals surface area contributed by atoms with Crippen LogP contribution in [0.3, 0.4) is 0 Å². The molecule has 0 saturated carbocycles. The lowest BCUT2D eigenvalue weighted by atomic mass is 10.2. The van der Waals surface area contributed by atoms with Crippen molar-refractivity contribution < 1.29 is 19.4 Å². The van der Waals surface area contributed by atoms with Crippen LogP contribution < -0.4 is 5.32 Å². The number of carbonyl (C=O) groups is 2. The van der Waals surface area contributed by atoms with Crippen molar-refractivity contribution in [1.82, 2.24) is 5.32 Å². The van der Waals surface area contributed by atoms with Crippen LogP contribution in [-0.2, 0) is 14.3 Å². The zero-order chi connectivity index (χ0) is 16.8. The monoisotopic (exact) mass is 293 g/mol. The lowest BCUT2D eigenvalue weighted by Gasteiger charge is -2.07. The van der Waals surface area contributed by atoms with E-state index in [4.69, 9.17) is 5.11 Å². The number of rotatable bonds is 7. The van der Waals surface area contributed by atoms with E-state index in [0.717, 1.165) is 12.7 Å². The second-order valence-electron chi connectivity index (χ2n) is 3.50. The van der Waals surface area contributed by atoms with Crippen molar-refractivity contribution in [2.75, 3.05) is 20.3 Å². The van der Waals surface area contributed by atoms with Crippen molar-refractivity contribution in [2.24, 2.45) is 0 Å². The third-order valence-electron chi connectivity index (χ3n) is 1.61. The molecule has 0 bridgehead atoms. The summed E-state index contributed by atoms with van der Waals surface area (Å²) in [5.74, 6) is -0.764. The Balaban J connectivity index is -0.000000101. The molecule has 5 heteroatoms. The minimum atomic E-state index is -0.764. The van der Waals surface area contributed by atoms with Gasteiger partial charge in [-0.1, -0.05) is 47.5 Å². The number of hydrogen-bond acceptors (Lipinski definition) is 4. The molecule has 0 radical (unpaired) electrons. The summed E-state index contributed by atoms with van der Waals surface area (Å²) in [7, 11) is 1.66. The van der Waals surface area contributed by atoms with Crippen molar-refractivity contribution >= 4 is 12.3 Å². The molecular weight excluding hydrogens is 258 g/mol. The van der Waals surface area contributed by atoms with E-state index in [2.05, 4.69) is 23.9 Å². The number of hydrogen-bond donors (Lipinski definition) is 2. The summed E-state index contributed by atoms with van der Waals surface area (Å²) in [5.41, 5.74) is 0. The molecule has 0 rings (SSSR count). The minimum absolute atomic E-state index is 0.233. The van der Waals surface area contributed by atoms with Crippen LogP contribution in [0, 0.1) is 0 Å². The predicted molar refractivity (Wildman–Crippen MR) is 85.3 cm³/mol. The van der Waals surface area contributed by atoms with E-state index in [1.807, 2.05) is 27.7 Å². The average Bonchev–Trinajstić information content (AvgIpc) is 2.46. The molecule has 0 fully saturated rings. The van der Waals surface area contributed by atoms with Crippen LogP contribution in [0.4, 0.5) is 0 Å². The lowest BCUT2D eigenvalue weighted by molar-refractivity contribution is -0.139. The Morgan fingerprint density at radius 3 is 1.80 bits per heavy atom. The van der Waals surface area contributed by atoms with E-state index < -0.39 is 5.97 Å². The second kappa shape index (κ2) is 30.8. The Kier molecular flexibility index (Phi) is 42.2. The van der Waals surface area contributed by atoms with Crippen molar-refractivity contribution in [2.45, 2.75) is 66.8 Å². The fourth-order valence-electron chi connectivity index (χ4n) is 0.846. The molecule has 5 nitrogen and oxygen atoms in total. The summed E-state index contributed by atoms with van der Waals surface area (Å²) < 4.78 is 4.61. The number of aliphatic carboxylic acids is 1. The van der Waals surface area contributed by atoms with Crippen LogP contribution in [0.1, 0.15) is 60.8 Å². The molecule has 0 aromatic rings. The van der Waals surface area contributed by atoms with Gasteiger partial charge in [-0.3, -0.25) is 4.79 Å². The predicted octanol–water partition coefficient (Wildman–Crippen LogP) is 3.12. The van der Waals surface area contributed by atoms with Crippen LogP contribution in [0.2, 0.25) is 0 Å². The fourth-order valence-corrected chi connectivity index (χ4v) is 0.846. The van der Waals surface area contributed by atoms with Gasteiger partial charge in [-0.2, -0.15) is 0 Å². The normalized spacial score (nSPS) is 9.55. The molecule has 0 heterocycles. The Labute approximate surface area is 125 Å². The van der Waals surface area contributed by atoms with Gasteiger partial charge < -0.3 is 20.0 Å².